The van der Waals surface area contributed by atoms with Crippen LogP contribution in [0, 0.1) is 0 Å². The lowest BCUT2D eigenvalue weighted by Crippen LogP contribution is -2.28. The van der Waals surface area contributed by atoms with E-state index in [4.69, 9.17) is 18.9 Å². The fourth-order valence-electron chi connectivity index (χ4n) is 10.4. The van der Waals surface area contributed by atoms with Gasteiger partial charge in [0.1, 0.15) is 23.0 Å². The van der Waals surface area contributed by atoms with Crippen LogP contribution in [-0.2, 0) is 10.8 Å². The third-order valence-corrected chi connectivity index (χ3v) is 13.4. The molecular formula is C60H54O4. The summed E-state index contributed by atoms with van der Waals surface area (Å²) in [7, 11) is 1.71. The molecule has 8 aromatic rings. The van der Waals surface area contributed by atoms with Gasteiger partial charge in [-0.3, -0.25) is 0 Å². The van der Waals surface area contributed by atoms with Crippen LogP contribution in [0.4, 0.5) is 0 Å². The van der Waals surface area contributed by atoms with Gasteiger partial charge in [-0.1, -0.05) is 165 Å². The first-order valence-electron chi connectivity index (χ1n) is 22.9. The molecule has 4 nitrogen and oxygen atoms in total. The van der Waals surface area contributed by atoms with Crippen LogP contribution < -0.4 is 18.9 Å². The summed E-state index contributed by atoms with van der Waals surface area (Å²) in [6.07, 6.45) is 5.19. The molecule has 0 radical (unpaired) electrons. The zero-order valence-electron chi connectivity index (χ0n) is 36.8. The summed E-state index contributed by atoms with van der Waals surface area (Å²) < 4.78 is 24.4. The predicted molar refractivity (Wildman–Crippen MR) is 259 cm³/mol. The van der Waals surface area contributed by atoms with Gasteiger partial charge in [0.2, 0.25) is 0 Å². The average molecular weight is 839 g/mol. The number of benzene rings is 8. The van der Waals surface area contributed by atoms with Crippen molar-refractivity contribution in [3.05, 3.63) is 239 Å². The van der Waals surface area contributed by atoms with Crippen molar-refractivity contribution in [2.45, 2.75) is 49.9 Å². The number of unbranched alkanes of at least 4 members (excludes halogenated alkanes) is 3. The van der Waals surface area contributed by atoms with Gasteiger partial charge in [0.15, 0.2) is 0 Å². The molecule has 0 aliphatic heterocycles. The highest BCUT2D eigenvalue weighted by Crippen LogP contribution is 2.57. The van der Waals surface area contributed by atoms with Gasteiger partial charge in [-0.05, 0) is 135 Å². The molecule has 0 atom stereocenters. The molecule has 0 spiro atoms. The van der Waals surface area contributed by atoms with Gasteiger partial charge in [0.05, 0.1) is 37.8 Å². The topological polar surface area (TPSA) is 36.9 Å². The first-order chi connectivity index (χ1) is 31.7. The minimum atomic E-state index is -0.468. The second kappa shape index (κ2) is 18.0. The summed E-state index contributed by atoms with van der Waals surface area (Å²) in [5.74, 6) is 3.49. The monoisotopic (exact) mass is 838 g/mol. The van der Waals surface area contributed by atoms with Crippen molar-refractivity contribution in [2.24, 2.45) is 0 Å². The standard InChI is InChI=1S/C60H54O4/c1-3-4-13-40-62-48-34-26-45(27-35-48)60(57-22-11-7-18-53(57)54-19-8-12-23-58(54)60)46-30-38-50(39-31-46)64-42-15-14-41-63-49-36-28-44(29-37-49)59(43-24-32-47(61-2)33-25-43)55-20-9-5-16-51(55)52-17-6-10-21-56(52)59/h5-12,16-39H,3-4,13-15,40-42H2,1-2H3. The van der Waals surface area contributed by atoms with Crippen LogP contribution in [0.25, 0.3) is 22.3 Å². The molecular weight excluding hydrogens is 785 g/mol. The van der Waals surface area contributed by atoms with Crippen molar-refractivity contribution in [1.82, 2.24) is 0 Å². The molecule has 0 unspecified atom stereocenters. The Balaban J connectivity index is 0.816. The molecule has 2 aliphatic carbocycles. The van der Waals surface area contributed by atoms with E-state index in [1.165, 1.54) is 79.6 Å². The lowest BCUT2D eigenvalue weighted by Gasteiger charge is -2.34. The Labute approximate surface area is 378 Å². The number of ether oxygens (including phenoxy) is 4. The molecule has 8 aromatic carbocycles. The maximum atomic E-state index is 6.34. The van der Waals surface area contributed by atoms with Crippen molar-refractivity contribution in [2.75, 3.05) is 26.9 Å². The maximum Gasteiger partial charge on any atom is 0.119 e. The summed E-state index contributed by atoms with van der Waals surface area (Å²) in [5, 5.41) is 0. The minimum Gasteiger partial charge on any atom is -0.497 e. The summed E-state index contributed by atoms with van der Waals surface area (Å²) in [6.45, 7) is 4.19. The lowest BCUT2D eigenvalue weighted by molar-refractivity contribution is 0.266. The molecule has 0 amide bonds. The van der Waals surface area contributed by atoms with Crippen molar-refractivity contribution < 1.29 is 18.9 Å². The van der Waals surface area contributed by atoms with E-state index in [2.05, 4.69) is 201 Å². The Morgan fingerprint density at radius 3 is 0.859 bits per heavy atom. The van der Waals surface area contributed by atoms with E-state index in [9.17, 15) is 0 Å². The second-order valence-electron chi connectivity index (χ2n) is 16.9. The molecule has 0 saturated carbocycles. The van der Waals surface area contributed by atoms with E-state index in [1.54, 1.807) is 7.11 Å². The van der Waals surface area contributed by atoms with Gasteiger partial charge in [0.25, 0.3) is 0 Å². The van der Waals surface area contributed by atoms with Crippen LogP contribution in [-0.4, -0.2) is 26.9 Å². The quantitative estimate of drug-likeness (QED) is 0.0856. The molecule has 0 bridgehead atoms. The fraction of sp³-hybridized carbons (Fsp3) is 0.200. The Hall–Kier alpha value is -7.04. The van der Waals surface area contributed by atoms with E-state index in [1.807, 2.05) is 0 Å². The summed E-state index contributed by atoms with van der Waals surface area (Å²) in [5.41, 5.74) is 14.2. The highest BCUT2D eigenvalue weighted by Gasteiger charge is 2.47. The number of hydrogen-bond acceptors (Lipinski definition) is 4. The van der Waals surface area contributed by atoms with Crippen molar-refractivity contribution in [3.8, 4) is 45.3 Å². The normalized spacial score (nSPS) is 13.6. The second-order valence-corrected chi connectivity index (χ2v) is 16.9. The first kappa shape index (κ1) is 41.0. The van der Waals surface area contributed by atoms with E-state index < -0.39 is 10.8 Å². The number of methoxy groups -OCH3 is 1. The van der Waals surface area contributed by atoms with Crippen LogP contribution in [0.2, 0.25) is 0 Å². The third kappa shape index (κ3) is 7.12. The maximum absolute atomic E-state index is 6.34. The first-order valence-corrected chi connectivity index (χ1v) is 22.9. The van der Waals surface area contributed by atoms with Crippen LogP contribution in [0.3, 0.4) is 0 Å². The predicted octanol–water partition coefficient (Wildman–Crippen LogP) is 14.2. The van der Waals surface area contributed by atoms with Crippen LogP contribution in [0.1, 0.15) is 83.5 Å². The Kier molecular flexibility index (Phi) is 11.5. The Morgan fingerprint density at radius 1 is 0.312 bits per heavy atom. The lowest BCUT2D eigenvalue weighted by atomic mass is 9.68. The summed E-state index contributed by atoms with van der Waals surface area (Å²) >= 11 is 0. The van der Waals surface area contributed by atoms with E-state index in [0.717, 1.165) is 48.9 Å². The van der Waals surface area contributed by atoms with Crippen molar-refractivity contribution in [3.63, 3.8) is 0 Å². The molecule has 0 saturated heterocycles. The van der Waals surface area contributed by atoms with E-state index in [-0.39, 0.29) is 0 Å². The molecule has 2 aliphatic rings. The van der Waals surface area contributed by atoms with Gasteiger partial charge < -0.3 is 18.9 Å². The zero-order chi connectivity index (χ0) is 43.4. The molecule has 0 heterocycles. The molecule has 4 heteroatoms. The van der Waals surface area contributed by atoms with Crippen LogP contribution >= 0.6 is 0 Å². The van der Waals surface area contributed by atoms with Gasteiger partial charge in [-0.25, -0.2) is 0 Å². The highest BCUT2D eigenvalue weighted by molar-refractivity contribution is 5.87. The van der Waals surface area contributed by atoms with Gasteiger partial charge >= 0.3 is 0 Å². The van der Waals surface area contributed by atoms with Crippen LogP contribution in [0.15, 0.2) is 194 Å². The fourth-order valence-corrected chi connectivity index (χ4v) is 10.4. The van der Waals surface area contributed by atoms with Gasteiger partial charge in [0, 0.05) is 0 Å². The summed E-state index contributed by atoms with van der Waals surface area (Å²) in [6, 6.07) is 70.1. The Morgan fingerprint density at radius 2 is 0.578 bits per heavy atom. The smallest absolute Gasteiger partial charge is 0.119 e. The molecule has 64 heavy (non-hydrogen) atoms. The van der Waals surface area contributed by atoms with Crippen LogP contribution in [0.5, 0.6) is 23.0 Å². The molecule has 0 fully saturated rings. The van der Waals surface area contributed by atoms with Gasteiger partial charge in [-0.15, -0.1) is 0 Å². The molecule has 10 rings (SSSR count). The molecule has 318 valence electrons. The number of rotatable bonds is 17. The minimum absolute atomic E-state index is 0.464. The highest BCUT2D eigenvalue weighted by atomic mass is 16.5. The average Bonchev–Trinajstić information content (AvgIpc) is 3.83. The van der Waals surface area contributed by atoms with E-state index >= 15 is 0 Å². The number of fused-ring (bicyclic) bond motifs is 6. The molecule has 0 aromatic heterocycles. The third-order valence-electron chi connectivity index (χ3n) is 13.4. The zero-order valence-corrected chi connectivity index (χ0v) is 36.8. The van der Waals surface area contributed by atoms with Crippen molar-refractivity contribution in [1.29, 1.82) is 0 Å². The van der Waals surface area contributed by atoms with E-state index in [0.29, 0.717) is 13.2 Å². The molecule has 0 N–H and O–H groups in total. The summed E-state index contributed by atoms with van der Waals surface area (Å²) in [4.78, 5) is 0. The largest absolute Gasteiger partial charge is 0.497 e. The van der Waals surface area contributed by atoms with Crippen molar-refractivity contribution >= 4 is 0 Å². The SMILES string of the molecule is CCCCCOc1ccc(C2(c3ccc(OCCCCOc4ccc(C5(c6ccc(OC)cc6)c6ccccc6-c6ccccc65)cc4)cc3)c3ccccc3-c3ccccc32)cc1. The Bertz CT molecular complexity index is 2750. The van der Waals surface area contributed by atoms with Gasteiger partial charge in [-0.2, -0.15) is 0 Å². The number of hydrogen-bond donors (Lipinski definition) is 0.